The zero-order valence-corrected chi connectivity index (χ0v) is 14.5. The minimum absolute atomic E-state index is 0. The van der Waals surface area contributed by atoms with Crippen molar-refractivity contribution < 1.29 is 14.4 Å². The molecule has 0 radical (unpaired) electrons. The Balaban J connectivity index is 0.00000288. The predicted octanol–water partition coefficient (Wildman–Crippen LogP) is 0.501. The lowest BCUT2D eigenvalue weighted by Gasteiger charge is -2.34. The fraction of sp³-hybridized carbons (Fsp3) is 0.438. The molecule has 1 aromatic rings. The first-order valence-corrected chi connectivity index (χ1v) is 7.65. The van der Waals surface area contributed by atoms with E-state index in [4.69, 9.17) is 5.73 Å². The van der Waals surface area contributed by atoms with E-state index in [0.29, 0.717) is 37.4 Å². The maximum atomic E-state index is 12.1. The van der Waals surface area contributed by atoms with Gasteiger partial charge in [0.15, 0.2) is 0 Å². The van der Waals surface area contributed by atoms with Gasteiger partial charge in [0.05, 0.1) is 5.56 Å². The van der Waals surface area contributed by atoms with Crippen LogP contribution in [0.4, 0.5) is 5.69 Å². The summed E-state index contributed by atoms with van der Waals surface area (Å²) in [5, 5.41) is 2.71. The number of anilines is 1. The summed E-state index contributed by atoms with van der Waals surface area (Å²) >= 11 is 0. The van der Waals surface area contributed by atoms with Crippen LogP contribution in [0.3, 0.4) is 0 Å². The summed E-state index contributed by atoms with van der Waals surface area (Å²) in [5.74, 6) is -0.267. The molecule has 3 N–H and O–H groups in total. The van der Waals surface area contributed by atoms with E-state index in [0.717, 1.165) is 0 Å². The van der Waals surface area contributed by atoms with Gasteiger partial charge < -0.3 is 20.9 Å². The number of rotatable bonds is 4. The first-order chi connectivity index (χ1) is 11.0. The molecule has 0 unspecified atom stereocenters. The first kappa shape index (κ1) is 19.8. The third-order valence-electron chi connectivity index (χ3n) is 3.91. The van der Waals surface area contributed by atoms with Gasteiger partial charge in [0.1, 0.15) is 0 Å². The Kier molecular flexibility index (Phi) is 7.51. The van der Waals surface area contributed by atoms with Crippen molar-refractivity contribution in [1.82, 2.24) is 15.1 Å². The average molecular weight is 355 g/mol. The number of benzene rings is 1. The van der Waals surface area contributed by atoms with Crippen molar-refractivity contribution in [3.05, 3.63) is 29.8 Å². The van der Waals surface area contributed by atoms with E-state index in [1.165, 1.54) is 6.92 Å². The molecule has 7 nitrogen and oxygen atoms in total. The van der Waals surface area contributed by atoms with Crippen molar-refractivity contribution >= 4 is 35.8 Å². The number of nitrogens with one attached hydrogen (secondary N) is 1. The van der Waals surface area contributed by atoms with Crippen molar-refractivity contribution in [2.45, 2.75) is 13.3 Å². The number of piperazine rings is 1. The number of nitrogens with zero attached hydrogens (tertiary/aromatic N) is 2. The van der Waals surface area contributed by atoms with Crippen LogP contribution in [0.2, 0.25) is 0 Å². The van der Waals surface area contributed by atoms with Gasteiger partial charge in [0.25, 0.3) is 5.91 Å². The fourth-order valence-electron chi connectivity index (χ4n) is 2.51. The normalized spacial score (nSPS) is 13.9. The quantitative estimate of drug-likeness (QED) is 0.770. The van der Waals surface area contributed by atoms with E-state index in [9.17, 15) is 14.4 Å². The third-order valence-corrected chi connectivity index (χ3v) is 3.91. The summed E-state index contributed by atoms with van der Waals surface area (Å²) < 4.78 is 0. The maximum Gasteiger partial charge on any atom is 0.253 e. The largest absolute Gasteiger partial charge is 0.398 e. The standard InChI is InChI=1S/C16H22N4O3.ClH/c1-12(21)19-8-10-20(11-9-19)15(22)6-7-18-16(23)13-4-2-3-5-14(13)17;/h2-5H,6-11,17H2,1H3,(H,18,23);1H. The zero-order valence-electron chi connectivity index (χ0n) is 13.7. The van der Waals surface area contributed by atoms with E-state index < -0.39 is 0 Å². The topological polar surface area (TPSA) is 95.7 Å². The van der Waals surface area contributed by atoms with E-state index in [2.05, 4.69) is 5.32 Å². The molecule has 0 spiro atoms. The van der Waals surface area contributed by atoms with Crippen LogP contribution in [0.15, 0.2) is 24.3 Å². The zero-order chi connectivity index (χ0) is 16.8. The second-order valence-electron chi connectivity index (χ2n) is 5.48. The molecular formula is C16H23ClN4O3. The molecule has 132 valence electrons. The molecule has 1 aliphatic heterocycles. The van der Waals surface area contributed by atoms with Crippen molar-refractivity contribution in [2.75, 3.05) is 38.5 Å². The van der Waals surface area contributed by atoms with Crippen LogP contribution in [0.25, 0.3) is 0 Å². The van der Waals surface area contributed by atoms with Gasteiger partial charge in [0, 0.05) is 51.8 Å². The number of carbonyl (C=O) groups excluding carboxylic acids is 3. The minimum Gasteiger partial charge on any atom is -0.398 e. The van der Waals surface area contributed by atoms with Crippen molar-refractivity contribution in [1.29, 1.82) is 0 Å². The highest BCUT2D eigenvalue weighted by molar-refractivity contribution is 5.99. The number of para-hydroxylation sites is 1. The molecule has 1 aromatic carbocycles. The number of nitrogen functional groups attached to an aromatic ring is 1. The van der Waals surface area contributed by atoms with Gasteiger partial charge >= 0.3 is 0 Å². The van der Waals surface area contributed by atoms with E-state index in [1.807, 2.05) is 0 Å². The molecule has 2 rings (SSSR count). The highest BCUT2D eigenvalue weighted by atomic mass is 35.5. The first-order valence-electron chi connectivity index (χ1n) is 7.65. The number of hydrogen-bond donors (Lipinski definition) is 2. The summed E-state index contributed by atoms with van der Waals surface area (Å²) in [6, 6.07) is 6.81. The molecule has 0 atom stereocenters. The Morgan fingerprint density at radius 1 is 1.08 bits per heavy atom. The van der Waals surface area contributed by atoms with E-state index in [-0.39, 0.29) is 43.1 Å². The highest BCUT2D eigenvalue weighted by Crippen LogP contribution is 2.10. The van der Waals surface area contributed by atoms with Gasteiger partial charge in [0.2, 0.25) is 11.8 Å². The minimum atomic E-state index is -0.280. The van der Waals surface area contributed by atoms with Crippen molar-refractivity contribution in [3.63, 3.8) is 0 Å². The van der Waals surface area contributed by atoms with E-state index in [1.54, 1.807) is 34.1 Å². The maximum absolute atomic E-state index is 12.1. The van der Waals surface area contributed by atoms with Gasteiger partial charge in [-0.2, -0.15) is 0 Å². The Hall–Kier alpha value is -2.28. The second-order valence-corrected chi connectivity index (χ2v) is 5.48. The number of amides is 3. The molecule has 0 saturated carbocycles. The molecule has 1 heterocycles. The lowest BCUT2D eigenvalue weighted by molar-refractivity contribution is -0.138. The Morgan fingerprint density at radius 3 is 2.25 bits per heavy atom. The molecule has 3 amide bonds. The number of halogens is 1. The molecule has 0 aromatic heterocycles. The van der Waals surface area contributed by atoms with Crippen LogP contribution < -0.4 is 11.1 Å². The Bertz CT molecular complexity index is 601. The lowest BCUT2D eigenvalue weighted by Crippen LogP contribution is -2.50. The molecule has 0 aliphatic carbocycles. The van der Waals surface area contributed by atoms with Crippen LogP contribution in [-0.4, -0.2) is 60.2 Å². The van der Waals surface area contributed by atoms with Gasteiger partial charge in [-0.05, 0) is 12.1 Å². The van der Waals surface area contributed by atoms with Crippen LogP contribution in [0, 0.1) is 0 Å². The van der Waals surface area contributed by atoms with Gasteiger partial charge in [-0.3, -0.25) is 14.4 Å². The molecule has 1 aliphatic rings. The fourth-order valence-corrected chi connectivity index (χ4v) is 2.51. The van der Waals surface area contributed by atoms with Crippen LogP contribution in [0.1, 0.15) is 23.7 Å². The summed E-state index contributed by atoms with van der Waals surface area (Å²) in [4.78, 5) is 38.8. The number of carbonyl (C=O) groups is 3. The SMILES string of the molecule is CC(=O)N1CCN(C(=O)CCNC(=O)c2ccccc2N)CC1.Cl. The third kappa shape index (κ3) is 5.13. The predicted molar refractivity (Wildman–Crippen MR) is 93.9 cm³/mol. The monoisotopic (exact) mass is 354 g/mol. The molecular weight excluding hydrogens is 332 g/mol. The second kappa shape index (κ2) is 9.12. The molecule has 24 heavy (non-hydrogen) atoms. The summed E-state index contributed by atoms with van der Waals surface area (Å²) in [6.45, 7) is 4.00. The molecule has 1 fully saturated rings. The summed E-state index contributed by atoms with van der Waals surface area (Å²) in [6.07, 6.45) is 0.235. The smallest absolute Gasteiger partial charge is 0.253 e. The average Bonchev–Trinajstić information content (AvgIpc) is 2.55. The van der Waals surface area contributed by atoms with Crippen LogP contribution in [0.5, 0.6) is 0 Å². The van der Waals surface area contributed by atoms with Gasteiger partial charge in [-0.15, -0.1) is 12.4 Å². The van der Waals surface area contributed by atoms with Crippen LogP contribution in [-0.2, 0) is 9.59 Å². The summed E-state index contributed by atoms with van der Waals surface area (Å²) in [7, 11) is 0. The molecule has 0 bridgehead atoms. The summed E-state index contributed by atoms with van der Waals surface area (Å²) in [5.41, 5.74) is 6.56. The van der Waals surface area contributed by atoms with Gasteiger partial charge in [-0.1, -0.05) is 12.1 Å². The van der Waals surface area contributed by atoms with Crippen molar-refractivity contribution in [3.8, 4) is 0 Å². The van der Waals surface area contributed by atoms with E-state index >= 15 is 0 Å². The molecule has 1 saturated heterocycles. The number of nitrogens with two attached hydrogens (primary N) is 1. The number of hydrogen-bond acceptors (Lipinski definition) is 4. The van der Waals surface area contributed by atoms with Gasteiger partial charge in [-0.25, -0.2) is 0 Å². The van der Waals surface area contributed by atoms with Crippen LogP contribution >= 0.6 is 12.4 Å². The highest BCUT2D eigenvalue weighted by Gasteiger charge is 2.22. The lowest BCUT2D eigenvalue weighted by atomic mass is 10.1. The molecule has 8 heteroatoms. The Morgan fingerprint density at radius 2 is 1.67 bits per heavy atom. The Labute approximate surface area is 147 Å². The van der Waals surface area contributed by atoms with Crippen molar-refractivity contribution in [2.24, 2.45) is 0 Å².